The molecule has 1 atom stereocenters. The topological polar surface area (TPSA) is 61.5 Å². The fourth-order valence-electron chi connectivity index (χ4n) is 1.39. The molecule has 1 aromatic rings. The van der Waals surface area contributed by atoms with Gasteiger partial charge in [0.15, 0.2) is 0 Å². The third-order valence-corrected chi connectivity index (χ3v) is 2.18. The van der Waals surface area contributed by atoms with Crippen molar-refractivity contribution in [3.8, 4) is 5.75 Å². The molecule has 0 saturated heterocycles. The van der Waals surface area contributed by atoms with Crippen LogP contribution in [-0.4, -0.2) is 25.7 Å². The van der Waals surface area contributed by atoms with Gasteiger partial charge >= 0.3 is 5.97 Å². The Balaban J connectivity index is 2.61. The first-order chi connectivity index (χ1) is 7.67. The molecule has 0 fully saturated rings. The van der Waals surface area contributed by atoms with E-state index in [4.69, 9.17) is 15.2 Å². The Labute approximate surface area is 95.3 Å². The number of esters is 1. The molecule has 1 rings (SSSR count). The van der Waals surface area contributed by atoms with Gasteiger partial charge in [-0.3, -0.25) is 4.79 Å². The average Bonchev–Trinajstić information content (AvgIpc) is 2.29. The zero-order valence-corrected chi connectivity index (χ0v) is 9.60. The number of carbonyl (C=O) groups excluding carboxylic acids is 1. The lowest BCUT2D eigenvalue weighted by molar-refractivity contribution is -0.144. The van der Waals surface area contributed by atoms with E-state index in [1.54, 1.807) is 14.0 Å². The van der Waals surface area contributed by atoms with Crippen molar-refractivity contribution in [3.63, 3.8) is 0 Å². The monoisotopic (exact) mass is 223 g/mol. The second-order valence-electron chi connectivity index (χ2n) is 3.41. The molecule has 4 heteroatoms. The quantitative estimate of drug-likeness (QED) is 0.760. The molecule has 0 heterocycles. The van der Waals surface area contributed by atoms with Crippen molar-refractivity contribution in [1.82, 2.24) is 0 Å². The molecular formula is C12H17NO3. The van der Waals surface area contributed by atoms with Crippen molar-refractivity contribution in [2.24, 2.45) is 5.73 Å². The van der Waals surface area contributed by atoms with E-state index in [-0.39, 0.29) is 5.97 Å². The SMILES string of the molecule is CCOC(=O)[C@H](N)Cc1cccc(OC)c1. The Morgan fingerprint density at radius 1 is 1.50 bits per heavy atom. The van der Waals surface area contributed by atoms with Gasteiger partial charge in [0.05, 0.1) is 13.7 Å². The van der Waals surface area contributed by atoms with Crippen molar-refractivity contribution in [2.75, 3.05) is 13.7 Å². The zero-order valence-electron chi connectivity index (χ0n) is 9.60. The fourth-order valence-corrected chi connectivity index (χ4v) is 1.39. The van der Waals surface area contributed by atoms with E-state index < -0.39 is 6.04 Å². The summed E-state index contributed by atoms with van der Waals surface area (Å²) in [5, 5.41) is 0. The Hall–Kier alpha value is -1.55. The maximum Gasteiger partial charge on any atom is 0.323 e. The van der Waals surface area contributed by atoms with E-state index in [1.165, 1.54) is 0 Å². The summed E-state index contributed by atoms with van der Waals surface area (Å²) in [6, 6.07) is 6.86. The van der Waals surface area contributed by atoms with E-state index >= 15 is 0 Å². The zero-order chi connectivity index (χ0) is 12.0. The van der Waals surface area contributed by atoms with Gasteiger partial charge < -0.3 is 15.2 Å². The highest BCUT2D eigenvalue weighted by atomic mass is 16.5. The van der Waals surface area contributed by atoms with Crippen LogP contribution in [-0.2, 0) is 16.0 Å². The number of hydrogen-bond donors (Lipinski definition) is 1. The van der Waals surface area contributed by atoms with Gasteiger partial charge in [-0.25, -0.2) is 0 Å². The molecule has 0 saturated carbocycles. The van der Waals surface area contributed by atoms with Crippen molar-refractivity contribution in [3.05, 3.63) is 29.8 Å². The summed E-state index contributed by atoms with van der Waals surface area (Å²) in [5.41, 5.74) is 6.67. The van der Waals surface area contributed by atoms with Crippen LogP contribution >= 0.6 is 0 Å². The second kappa shape index (κ2) is 6.12. The molecule has 16 heavy (non-hydrogen) atoms. The standard InChI is InChI=1S/C12H17NO3/c1-3-16-12(14)11(13)8-9-5-4-6-10(7-9)15-2/h4-7,11H,3,8,13H2,1-2H3/t11-/m1/s1. The summed E-state index contributed by atoms with van der Waals surface area (Å²) in [7, 11) is 1.60. The Bertz CT molecular complexity index is 352. The lowest BCUT2D eigenvalue weighted by Crippen LogP contribution is -2.34. The van der Waals surface area contributed by atoms with Gasteiger partial charge in [0.25, 0.3) is 0 Å². The lowest BCUT2D eigenvalue weighted by atomic mass is 10.1. The third kappa shape index (κ3) is 3.55. The maximum atomic E-state index is 11.3. The van der Waals surface area contributed by atoms with Crippen molar-refractivity contribution >= 4 is 5.97 Å². The summed E-state index contributed by atoms with van der Waals surface area (Å²) in [4.78, 5) is 11.3. The van der Waals surface area contributed by atoms with Gasteiger partial charge in [0.2, 0.25) is 0 Å². The van der Waals surface area contributed by atoms with Crippen LogP contribution in [0.25, 0.3) is 0 Å². The molecule has 0 aromatic heterocycles. The van der Waals surface area contributed by atoms with Crippen molar-refractivity contribution in [1.29, 1.82) is 0 Å². The van der Waals surface area contributed by atoms with Gasteiger partial charge in [-0.2, -0.15) is 0 Å². The minimum absolute atomic E-state index is 0.352. The highest BCUT2D eigenvalue weighted by Crippen LogP contribution is 2.13. The molecule has 0 unspecified atom stereocenters. The van der Waals surface area contributed by atoms with E-state index in [0.717, 1.165) is 11.3 Å². The Kier molecular flexibility index (Phi) is 4.79. The molecule has 0 amide bonds. The van der Waals surface area contributed by atoms with Crippen molar-refractivity contribution in [2.45, 2.75) is 19.4 Å². The predicted molar refractivity (Wildman–Crippen MR) is 61.3 cm³/mol. The fraction of sp³-hybridized carbons (Fsp3) is 0.417. The van der Waals surface area contributed by atoms with Gasteiger partial charge in [-0.05, 0) is 31.0 Å². The number of benzene rings is 1. The molecule has 0 spiro atoms. The summed E-state index contributed by atoms with van der Waals surface area (Å²) in [5.74, 6) is 0.388. The first-order valence-corrected chi connectivity index (χ1v) is 5.22. The minimum atomic E-state index is -0.618. The summed E-state index contributed by atoms with van der Waals surface area (Å²) >= 11 is 0. The summed E-state index contributed by atoms with van der Waals surface area (Å²) in [6.45, 7) is 2.11. The van der Waals surface area contributed by atoms with Crippen LogP contribution in [0.5, 0.6) is 5.75 Å². The van der Waals surface area contributed by atoms with Gasteiger partial charge in [-0.1, -0.05) is 12.1 Å². The van der Waals surface area contributed by atoms with E-state index in [2.05, 4.69) is 0 Å². The predicted octanol–water partition coefficient (Wildman–Crippen LogP) is 1.13. The van der Waals surface area contributed by atoms with Gasteiger partial charge in [0, 0.05) is 0 Å². The largest absolute Gasteiger partial charge is 0.497 e. The van der Waals surface area contributed by atoms with Crippen LogP contribution in [0.4, 0.5) is 0 Å². The molecule has 0 bridgehead atoms. The van der Waals surface area contributed by atoms with Crippen LogP contribution in [0.2, 0.25) is 0 Å². The number of ether oxygens (including phenoxy) is 2. The first kappa shape index (κ1) is 12.5. The number of nitrogens with two attached hydrogens (primary N) is 1. The van der Waals surface area contributed by atoms with E-state index in [1.807, 2.05) is 24.3 Å². The maximum absolute atomic E-state index is 11.3. The van der Waals surface area contributed by atoms with Crippen LogP contribution < -0.4 is 10.5 Å². The summed E-state index contributed by atoms with van der Waals surface area (Å²) < 4.78 is 9.92. The molecular weight excluding hydrogens is 206 g/mol. The molecule has 88 valence electrons. The number of carbonyl (C=O) groups is 1. The molecule has 0 aliphatic carbocycles. The van der Waals surface area contributed by atoms with E-state index in [9.17, 15) is 4.79 Å². The Morgan fingerprint density at radius 3 is 2.88 bits per heavy atom. The average molecular weight is 223 g/mol. The molecule has 0 aliphatic heterocycles. The van der Waals surface area contributed by atoms with E-state index in [0.29, 0.717) is 13.0 Å². The summed E-state index contributed by atoms with van der Waals surface area (Å²) in [6.07, 6.45) is 0.454. The van der Waals surface area contributed by atoms with Gasteiger partial charge in [-0.15, -0.1) is 0 Å². The highest BCUT2D eigenvalue weighted by molar-refractivity contribution is 5.75. The first-order valence-electron chi connectivity index (χ1n) is 5.22. The van der Waals surface area contributed by atoms with Gasteiger partial charge in [0.1, 0.15) is 11.8 Å². The molecule has 2 N–H and O–H groups in total. The third-order valence-electron chi connectivity index (χ3n) is 2.18. The second-order valence-corrected chi connectivity index (χ2v) is 3.41. The number of methoxy groups -OCH3 is 1. The van der Waals surface area contributed by atoms with Crippen LogP contribution in [0.3, 0.4) is 0 Å². The van der Waals surface area contributed by atoms with Crippen LogP contribution in [0.15, 0.2) is 24.3 Å². The van der Waals surface area contributed by atoms with Crippen LogP contribution in [0.1, 0.15) is 12.5 Å². The highest BCUT2D eigenvalue weighted by Gasteiger charge is 2.15. The smallest absolute Gasteiger partial charge is 0.323 e. The molecule has 0 aliphatic rings. The van der Waals surface area contributed by atoms with Crippen molar-refractivity contribution < 1.29 is 14.3 Å². The lowest BCUT2D eigenvalue weighted by Gasteiger charge is -2.11. The number of hydrogen-bond acceptors (Lipinski definition) is 4. The normalized spacial score (nSPS) is 11.9. The number of rotatable bonds is 5. The van der Waals surface area contributed by atoms with Crippen LogP contribution in [0, 0.1) is 0 Å². The minimum Gasteiger partial charge on any atom is -0.497 e. The molecule has 0 radical (unpaired) electrons. The Morgan fingerprint density at radius 2 is 2.25 bits per heavy atom. The molecule has 4 nitrogen and oxygen atoms in total. The molecule has 1 aromatic carbocycles.